The molecule has 0 saturated carbocycles. The Hall–Kier alpha value is -1.93. The summed E-state index contributed by atoms with van der Waals surface area (Å²) in [6.45, 7) is 3.84. The van der Waals surface area contributed by atoms with Gasteiger partial charge in [-0.3, -0.25) is 0 Å². The maximum atomic E-state index is 10.5. The summed E-state index contributed by atoms with van der Waals surface area (Å²) in [6, 6.07) is 8.57. The van der Waals surface area contributed by atoms with Gasteiger partial charge in [-0.05, 0) is 23.9 Å². The molecular formula is C18H25N3O5. The average Bonchev–Trinajstić information content (AvgIpc) is 2.67. The van der Waals surface area contributed by atoms with E-state index in [-0.39, 0.29) is 6.61 Å². The number of unbranched alkanes of at least 4 members (excludes halogenated alkanes) is 1. The van der Waals surface area contributed by atoms with Crippen LogP contribution in [-0.4, -0.2) is 54.1 Å². The van der Waals surface area contributed by atoms with Crippen molar-refractivity contribution in [2.45, 2.75) is 50.1 Å². The van der Waals surface area contributed by atoms with Crippen molar-refractivity contribution in [1.82, 2.24) is 0 Å². The monoisotopic (exact) mass is 363 g/mol. The van der Waals surface area contributed by atoms with Crippen molar-refractivity contribution in [2.75, 3.05) is 13.2 Å². The first kappa shape index (κ1) is 20.4. The predicted octanol–water partition coefficient (Wildman–Crippen LogP) is 2.31. The first-order chi connectivity index (χ1) is 12.7. The van der Waals surface area contributed by atoms with Gasteiger partial charge in [-0.2, -0.15) is 0 Å². The van der Waals surface area contributed by atoms with Crippen LogP contribution in [-0.2, 0) is 20.8 Å². The van der Waals surface area contributed by atoms with Gasteiger partial charge in [-0.15, -0.1) is 6.58 Å². The number of allylic oxidation sites excluding steroid dienone is 1. The minimum Gasteiger partial charge on any atom is -0.394 e. The lowest BCUT2D eigenvalue weighted by molar-refractivity contribution is -0.274. The Kier molecular flexibility index (Phi) is 8.57. The van der Waals surface area contributed by atoms with Gasteiger partial charge in [0.25, 0.3) is 0 Å². The fourth-order valence-corrected chi connectivity index (χ4v) is 2.76. The molecule has 2 N–H and O–H groups in total. The zero-order chi connectivity index (χ0) is 18.8. The highest BCUT2D eigenvalue weighted by Crippen LogP contribution is 2.28. The Morgan fingerprint density at radius 2 is 2.08 bits per heavy atom. The van der Waals surface area contributed by atoms with Gasteiger partial charge in [0.05, 0.1) is 25.9 Å². The van der Waals surface area contributed by atoms with E-state index < -0.39 is 37.3 Å². The highest BCUT2D eigenvalue weighted by Gasteiger charge is 2.46. The van der Waals surface area contributed by atoms with Crippen LogP contribution in [0.5, 0.6) is 0 Å². The second-order valence-electron chi connectivity index (χ2n) is 5.97. The lowest BCUT2D eigenvalue weighted by Gasteiger charge is -2.42. The van der Waals surface area contributed by atoms with Crippen LogP contribution in [0.1, 0.15) is 18.4 Å². The smallest absolute Gasteiger partial charge is 0.169 e. The molecule has 1 heterocycles. The van der Waals surface area contributed by atoms with E-state index in [0.29, 0.717) is 6.61 Å². The lowest BCUT2D eigenvalue weighted by atomic mass is 9.97. The molecule has 1 aliphatic heterocycles. The van der Waals surface area contributed by atoms with Crippen LogP contribution in [0.15, 0.2) is 48.1 Å². The fraction of sp³-hybridized carbons (Fsp3) is 0.556. The highest BCUT2D eigenvalue weighted by molar-refractivity contribution is 5.13. The molecular weight excluding hydrogens is 338 g/mol. The van der Waals surface area contributed by atoms with Crippen LogP contribution in [0.2, 0.25) is 0 Å². The van der Waals surface area contributed by atoms with Gasteiger partial charge in [0.2, 0.25) is 0 Å². The van der Waals surface area contributed by atoms with Crippen LogP contribution in [0.25, 0.3) is 10.4 Å². The number of nitrogens with zero attached hydrogens (tertiary/aromatic N) is 3. The summed E-state index contributed by atoms with van der Waals surface area (Å²) in [5.41, 5.74) is 9.82. The van der Waals surface area contributed by atoms with E-state index in [1.807, 2.05) is 30.3 Å². The Bertz CT molecular complexity index is 594. The van der Waals surface area contributed by atoms with E-state index in [9.17, 15) is 10.2 Å². The number of aliphatic hydroxyl groups is 2. The molecule has 8 heteroatoms. The van der Waals surface area contributed by atoms with Gasteiger partial charge in [0.1, 0.15) is 18.2 Å². The van der Waals surface area contributed by atoms with Gasteiger partial charge >= 0.3 is 0 Å². The second-order valence-corrected chi connectivity index (χ2v) is 5.97. The van der Waals surface area contributed by atoms with Crippen molar-refractivity contribution >= 4 is 0 Å². The van der Waals surface area contributed by atoms with E-state index in [0.717, 1.165) is 18.4 Å². The molecule has 26 heavy (non-hydrogen) atoms. The molecule has 0 amide bonds. The molecule has 1 aromatic carbocycles. The van der Waals surface area contributed by atoms with Crippen molar-refractivity contribution in [2.24, 2.45) is 5.11 Å². The van der Waals surface area contributed by atoms with Crippen LogP contribution < -0.4 is 0 Å². The van der Waals surface area contributed by atoms with Crippen LogP contribution in [0.3, 0.4) is 0 Å². The molecule has 8 nitrogen and oxygen atoms in total. The van der Waals surface area contributed by atoms with Crippen molar-refractivity contribution in [3.05, 3.63) is 59.0 Å². The third-order valence-corrected chi connectivity index (χ3v) is 4.13. The van der Waals surface area contributed by atoms with Gasteiger partial charge < -0.3 is 24.4 Å². The maximum absolute atomic E-state index is 10.5. The molecule has 0 bridgehead atoms. The zero-order valence-electron chi connectivity index (χ0n) is 14.6. The third-order valence-electron chi connectivity index (χ3n) is 4.13. The van der Waals surface area contributed by atoms with Gasteiger partial charge in [0.15, 0.2) is 6.29 Å². The highest BCUT2D eigenvalue weighted by atomic mass is 16.7. The summed E-state index contributed by atoms with van der Waals surface area (Å²) < 4.78 is 17.1. The van der Waals surface area contributed by atoms with Gasteiger partial charge in [0, 0.05) is 4.91 Å². The van der Waals surface area contributed by atoms with E-state index >= 15 is 0 Å². The van der Waals surface area contributed by atoms with Crippen LogP contribution in [0, 0.1) is 0 Å². The van der Waals surface area contributed by atoms with E-state index in [1.165, 1.54) is 0 Å². The van der Waals surface area contributed by atoms with Gasteiger partial charge in [-0.25, -0.2) is 0 Å². The van der Waals surface area contributed by atoms with Crippen LogP contribution >= 0.6 is 0 Å². The van der Waals surface area contributed by atoms with Gasteiger partial charge in [-0.1, -0.05) is 41.5 Å². The number of hydrogen-bond donors (Lipinski definition) is 2. The molecule has 5 atom stereocenters. The summed E-state index contributed by atoms with van der Waals surface area (Å²) in [5, 5.41) is 23.7. The van der Waals surface area contributed by atoms with Crippen molar-refractivity contribution in [3.8, 4) is 0 Å². The summed E-state index contributed by atoms with van der Waals surface area (Å²) in [5.74, 6) is 0. The quantitative estimate of drug-likeness (QED) is 0.217. The van der Waals surface area contributed by atoms with Crippen LogP contribution in [0.4, 0.5) is 0 Å². The molecule has 1 fully saturated rings. The molecule has 0 aromatic heterocycles. The largest absolute Gasteiger partial charge is 0.394 e. The Morgan fingerprint density at radius 1 is 1.31 bits per heavy atom. The number of azide groups is 1. The lowest BCUT2D eigenvalue weighted by Crippen LogP contribution is -2.59. The number of hydrogen-bond acceptors (Lipinski definition) is 6. The topological polar surface area (TPSA) is 117 Å². The molecule has 142 valence electrons. The summed E-state index contributed by atoms with van der Waals surface area (Å²) >= 11 is 0. The Balaban J connectivity index is 2.10. The van der Waals surface area contributed by atoms with Crippen molar-refractivity contribution < 1.29 is 24.4 Å². The number of ether oxygens (including phenoxy) is 3. The normalized spacial score (nSPS) is 28.3. The SMILES string of the molecule is C=CCCCO[C@H]1O[C@H](CO)[C@@H](O)[C@H](OCc2ccccc2)[C@H]1N=[N+]=[N-]. The molecule has 0 aliphatic carbocycles. The first-order valence-corrected chi connectivity index (χ1v) is 8.58. The fourth-order valence-electron chi connectivity index (χ4n) is 2.76. The summed E-state index contributed by atoms with van der Waals surface area (Å²) in [4.78, 5) is 2.84. The van der Waals surface area contributed by atoms with E-state index in [2.05, 4.69) is 16.6 Å². The predicted molar refractivity (Wildman–Crippen MR) is 95.1 cm³/mol. The molecule has 1 aliphatic rings. The Labute approximate surface area is 152 Å². The number of aliphatic hydroxyl groups excluding tert-OH is 2. The van der Waals surface area contributed by atoms with E-state index in [1.54, 1.807) is 6.08 Å². The second kappa shape index (κ2) is 10.9. The molecule has 1 aromatic rings. The average molecular weight is 363 g/mol. The zero-order valence-corrected chi connectivity index (χ0v) is 14.6. The minimum atomic E-state index is -1.15. The number of rotatable bonds is 10. The van der Waals surface area contributed by atoms with E-state index in [4.69, 9.17) is 19.7 Å². The Morgan fingerprint density at radius 3 is 2.73 bits per heavy atom. The molecule has 0 spiro atoms. The number of benzene rings is 1. The summed E-state index contributed by atoms with van der Waals surface area (Å²) in [6.07, 6.45) is -0.508. The molecule has 0 radical (unpaired) electrons. The first-order valence-electron chi connectivity index (χ1n) is 8.58. The maximum Gasteiger partial charge on any atom is 0.169 e. The molecule has 1 saturated heterocycles. The third kappa shape index (κ3) is 5.54. The summed E-state index contributed by atoms with van der Waals surface area (Å²) in [7, 11) is 0. The van der Waals surface area contributed by atoms with Crippen molar-refractivity contribution in [1.29, 1.82) is 0 Å². The van der Waals surface area contributed by atoms with Crippen molar-refractivity contribution in [3.63, 3.8) is 0 Å². The molecule has 2 rings (SSSR count). The standard InChI is InChI=1S/C18H25N3O5/c1-2-3-7-10-24-18-15(20-21-19)17(16(23)14(11-22)26-18)25-12-13-8-5-4-6-9-13/h2,4-6,8-9,14-18,22-23H,1,3,7,10-12H2/t14-,15-,16-,17-,18+/m1/s1. The molecule has 0 unspecified atom stereocenters. The minimum absolute atomic E-state index is 0.224.